The van der Waals surface area contributed by atoms with Gasteiger partial charge in [0, 0.05) is 16.2 Å². The van der Waals surface area contributed by atoms with Gasteiger partial charge in [0.2, 0.25) is 0 Å². The van der Waals surface area contributed by atoms with E-state index in [2.05, 4.69) is 0 Å². The summed E-state index contributed by atoms with van der Waals surface area (Å²) in [6.45, 7) is 1.60. The fraction of sp³-hybridized carbons (Fsp3) is 0.182. The van der Waals surface area contributed by atoms with Gasteiger partial charge in [0.05, 0.1) is 5.02 Å². The van der Waals surface area contributed by atoms with Crippen LogP contribution in [0.1, 0.15) is 12.5 Å². The molecule has 2 rings (SSSR count). The second-order valence-electron chi connectivity index (χ2n) is 3.17. The molecule has 0 radical (unpaired) electrons. The summed E-state index contributed by atoms with van der Waals surface area (Å²) >= 11 is 7.67. The Bertz CT molecular complexity index is 423. The molecule has 0 saturated heterocycles. The molecule has 0 aliphatic carbocycles. The van der Waals surface area contributed by atoms with Gasteiger partial charge in [0.25, 0.3) is 0 Å². The van der Waals surface area contributed by atoms with Gasteiger partial charge in [-0.25, -0.2) is 0 Å². The Labute approximate surface area is 92.1 Å². The van der Waals surface area contributed by atoms with Crippen LogP contribution in [0.25, 0.3) is 6.08 Å². The van der Waals surface area contributed by atoms with Crippen LogP contribution in [0.15, 0.2) is 28.7 Å². The lowest BCUT2D eigenvalue weighted by Gasteiger charge is -2.15. The van der Waals surface area contributed by atoms with Crippen molar-refractivity contribution in [3.63, 3.8) is 0 Å². The monoisotopic (exact) mass is 224 g/mol. The normalized spacial score (nSPS) is 14.6. The molecule has 0 bridgehead atoms. The van der Waals surface area contributed by atoms with Gasteiger partial charge in [-0.2, -0.15) is 0 Å². The van der Waals surface area contributed by atoms with Gasteiger partial charge in [0.1, 0.15) is 0 Å². The van der Waals surface area contributed by atoms with Crippen molar-refractivity contribution < 1.29 is 4.79 Å². The van der Waals surface area contributed by atoms with Crippen molar-refractivity contribution in [3.05, 3.63) is 34.4 Å². The highest BCUT2D eigenvalue weighted by atomic mass is 35.5. The van der Waals surface area contributed by atoms with Gasteiger partial charge in [-0.1, -0.05) is 23.7 Å². The molecule has 0 saturated carbocycles. The van der Waals surface area contributed by atoms with E-state index >= 15 is 0 Å². The fourth-order valence-corrected chi connectivity index (χ4v) is 2.81. The molecule has 1 aromatic rings. The van der Waals surface area contributed by atoms with Crippen LogP contribution < -0.4 is 0 Å². The molecular weight excluding hydrogens is 216 g/mol. The second-order valence-corrected chi connectivity index (χ2v) is 4.57. The van der Waals surface area contributed by atoms with Crippen molar-refractivity contribution in [1.82, 2.24) is 0 Å². The van der Waals surface area contributed by atoms with E-state index in [1.165, 1.54) is 0 Å². The van der Waals surface area contributed by atoms with Crippen LogP contribution in [0, 0.1) is 0 Å². The highest BCUT2D eigenvalue weighted by molar-refractivity contribution is 7.99. The molecule has 0 amide bonds. The minimum absolute atomic E-state index is 0.142. The van der Waals surface area contributed by atoms with Crippen LogP contribution in [0.5, 0.6) is 0 Å². The van der Waals surface area contributed by atoms with E-state index in [4.69, 9.17) is 11.6 Å². The van der Waals surface area contributed by atoms with E-state index in [0.29, 0.717) is 0 Å². The minimum atomic E-state index is 0.142. The first-order valence-corrected chi connectivity index (χ1v) is 5.67. The maximum Gasteiger partial charge on any atom is 0.156 e. The van der Waals surface area contributed by atoms with E-state index in [0.717, 1.165) is 26.8 Å². The topological polar surface area (TPSA) is 17.1 Å². The average molecular weight is 225 g/mol. The SMILES string of the molecule is CC(=O)C1=Cc2cccc(Cl)c2SC1. The summed E-state index contributed by atoms with van der Waals surface area (Å²) in [6, 6.07) is 5.76. The molecule has 3 heteroatoms. The predicted octanol–water partition coefficient (Wildman–Crippen LogP) is 3.42. The van der Waals surface area contributed by atoms with Crippen molar-refractivity contribution in [2.45, 2.75) is 11.8 Å². The number of carbonyl (C=O) groups is 1. The number of halogens is 1. The molecule has 1 aromatic carbocycles. The summed E-state index contributed by atoms with van der Waals surface area (Å²) in [6.07, 6.45) is 1.93. The zero-order chi connectivity index (χ0) is 10.1. The molecule has 0 unspecified atom stereocenters. The van der Waals surface area contributed by atoms with Crippen molar-refractivity contribution in [3.8, 4) is 0 Å². The Balaban J connectivity index is 2.50. The third kappa shape index (κ3) is 1.72. The first-order valence-electron chi connectivity index (χ1n) is 4.31. The number of ketones is 1. The molecule has 1 aliphatic heterocycles. The second kappa shape index (κ2) is 3.79. The Hall–Kier alpha value is -0.730. The summed E-state index contributed by atoms with van der Waals surface area (Å²) < 4.78 is 0. The van der Waals surface area contributed by atoms with E-state index in [-0.39, 0.29) is 5.78 Å². The molecule has 1 aliphatic rings. The lowest BCUT2D eigenvalue weighted by atomic mass is 10.1. The number of Topliss-reactive ketones (excluding diaryl/α,β-unsaturated/α-hetero) is 1. The summed E-state index contributed by atoms with van der Waals surface area (Å²) in [7, 11) is 0. The minimum Gasteiger partial charge on any atom is -0.295 e. The summed E-state index contributed by atoms with van der Waals surface area (Å²) in [5, 5.41) is 0.770. The Kier molecular flexibility index (Phi) is 2.66. The molecule has 0 fully saturated rings. The van der Waals surface area contributed by atoms with Crippen LogP contribution >= 0.6 is 23.4 Å². The largest absolute Gasteiger partial charge is 0.295 e. The molecule has 1 nitrogen and oxygen atoms in total. The maximum atomic E-state index is 11.2. The highest BCUT2D eigenvalue weighted by Gasteiger charge is 2.15. The lowest BCUT2D eigenvalue weighted by molar-refractivity contribution is -0.113. The molecule has 72 valence electrons. The molecule has 0 aromatic heterocycles. The summed E-state index contributed by atoms with van der Waals surface area (Å²) in [5.41, 5.74) is 1.92. The predicted molar refractivity (Wildman–Crippen MR) is 60.8 cm³/mol. The van der Waals surface area contributed by atoms with Crippen LogP contribution in [0.2, 0.25) is 5.02 Å². The number of fused-ring (bicyclic) bond motifs is 1. The number of hydrogen-bond acceptors (Lipinski definition) is 2. The number of rotatable bonds is 1. The van der Waals surface area contributed by atoms with Gasteiger partial charge >= 0.3 is 0 Å². The van der Waals surface area contributed by atoms with Crippen molar-refractivity contribution in [2.75, 3.05) is 5.75 Å². The third-order valence-electron chi connectivity index (χ3n) is 2.15. The molecule has 0 spiro atoms. The highest BCUT2D eigenvalue weighted by Crippen LogP contribution is 2.36. The molecule has 14 heavy (non-hydrogen) atoms. The number of carbonyl (C=O) groups excluding carboxylic acids is 1. The average Bonchev–Trinajstić information content (AvgIpc) is 2.17. The van der Waals surface area contributed by atoms with Gasteiger partial charge in [-0.3, -0.25) is 4.79 Å². The number of benzene rings is 1. The van der Waals surface area contributed by atoms with Crippen LogP contribution in [0.3, 0.4) is 0 Å². The Morgan fingerprint density at radius 2 is 2.29 bits per heavy atom. The number of thioether (sulfide) groups is 1. The van der Waals surface area contributed by atoms with Gasteiger partial charge < -0.3 is 0 Å². The fourth-order valence-electron chi connectivity index (χ4n) is 1.37. The first-order chi connectivity index (χ1) is 6.68. The summed E-state index contributed by atoms with van der Waals surface area (Å²) in [5.74, 6) is 0.870. The third-order valence-corrected chi connectivity index (χ3v) is 3.78. The first kappa shape index (κ1) is 9.81. The number of hydrogen-bond donors (Lipinski definition) is 0. The quantitative estimate of drug-likeness (QED) is 0.727. The van der Waals surface area contributed by atoms with Crippen molar-refractivity contribution in [1.29, 1.82) is 0 Å². The zero-order valence-electron chi connectivity index (χ0n) is 7.71. The van der Waals surface area contributed by atoms with Gasteiger partial charge in [0.15, 0.2) is 5.78 Å². The smallest absolute Gasteiger partial charge is 0.156 e. The van der Waals surface area contributed by atoms with Crippen molar-refractivity contribution in [2.24, 2.45) is 0 Å². The Morgan fingerprint density at radius 1 is 1.50 bits per heavy atom. The van der Waals surface area contributed by atoms with E-state index in [1.54, 1.807) is 18.7 Å². The Morgan fingerprint density at radius 3 is 3.00 bits per heavy atom. The van der Waals surface area contributed by atoms with E-state index in [1.807, 2.05) is 24.3 Å². The van der Waals surface area contributed by atoms with E-state index in [9.17, 15) is 4.79 Å². The molecule has 1 heterocycles. The van der Waals surface area contributed by atoms with E-state index < -0.39 is 0 Å². The van der Waals surface area contributed by atoms with Crippen molar-refractivity contribution >= 4 is 35.2 Å². The lowest BCUT2D eigenvalue weighted by Crippen LogP contribution is -2.03. The zero-order valence-corrected chi connectivity index (χ0v) is 9.28. The standard InChI is InChI=1S/C11H9ClOS/c1-7(13)9-5-8-3-2-4-10(12)11(8)14-6-9/h2-5H,6H2,1H3. The van der Waals surface area contributed by atoms with Crippen LogP contribution in [-0.2, 0) is 4.79 Å². The van der Waals surface area contributed by atoms with Crippen LogP contribution in [0.4, 0.5) is 0 Å². The van der Waals surface area contributed by atoms with Gasteiger partial charge in [-0.05, 0) is 24.6 Å². The molecular formula is C11H9ClOS. The van der Waals surface area contributed by atoms with Crippen LogP contribution in [-0.4, -0.2) is 11.5 Å². The molecule has 0 N–H and O–H groups in total. The van der Waals surface area contributed by atoms with Gasteiger partial charge in [-0.15, -0.1) is 11.8 Å². The molecule has 0 atom stereocenters. The maximum absolute atomic E-state index is 11.2. The summed E-state index contributed by atoms with van der Waals surface area (Å²) in [4.78, 5) is 12.3.